The lowest BCUT2D eigenvalue weighted by Crippen LogP contribution is -2.40. The first kappa shape index (κ1) is 11.0. The van der Waals surface area contributed by atoms with E-state index in [4.69, 9.17) is 4.74 Å². The summed E-state index contributed by atoms with van der Waals surface area (Å²) in [6.45, 7) is 6.65. The quantitative estimate of drug-likeness (QED) is 0.625. The molecule has 2 atom stereocenters. The lowest BCUT2D eigenvalue weighted by atomic mass is 10.0. The molecule has 1 aliphatic rings. The van der Waals surface area contributed by atoms with Crippen LogP contribution in [0.5, 0.6) is 0 Å². The van der Waals surface area contributed by atoms with Gasteiger partial charge in [0, 0.05) is 32.8 Å². The molecule has 0 aromatic carbocycles. The third-order valence-electron chi connectivity index (χ3n) is 2.99. The Morgan fingerprint density at radius 1 is 1.31 bits per heavy atom. The highest BCUT2D eigenvalue weighted by molar-refractivity contribution is 4.80. The monoisotopic (exact) mass is 186 g/mol. The van der Waals surface area contributed by atoms with Crippen LogP contribution in [-0.2, 0) is 4.74 Å². The molecule has 0 aromatic rings. The Balaban J connectivity index is 2.55. The predicted octanol–water partition coefficient (Wildman–Crippen LogP) is 0.515. The van der Waals surface area contributed by atoms with E-state index in [9.17, 15) is 0 Å². The molecule has 0 N–H and O–H groups in total. The smallest absolute Gasteiger partial charge is 0.0621 e. The highest BCUT2D eigenvalue weighted by atomic mass is 16.5. The van der Waals surface area contributed by atoms with Gasteiger partial charge in [0.25, 0.3) is 0 Å². The SMILES string of the molecule is COCC1C(C)CN(C)CCN1C. The van der Waals surface area contributed by atoms with E-state index >= 15 is 0 Å². The van der Waals surface area contributed by atoms with Crippen LogP contribution in [0, 0.1) is 5.92 Å². The summed E-state index contributed by atoms with van der Waals surface area (Å²) in [5, 5.41) is 0. The van der Waals surface area contributed by atoms with Gasteiger partial charge in [-0.15, -0.1) is 0 Å². The first-order valence-corrected chi connectivity index (χ1v) is 5.03. The van der Waals surface area contributed by atoms with E-state index in [0.717, 1.165) is 13.2 Å². The van der Waals surface area contributed by atoms with Crippen molar-refractivity contribution >= 4 is 0 Å². The second-order valence-corrected chi connectivity index (χ2v) is 4.24. The standard InChI is InChI=1S/C10H22N2O/c1-9-7-11(2)5-6-12(3)10(9)8-13-4/h9-10H,5-8H2,1-4H3. The maximum absolute atomic E-state index is 5.25. The molecule has 0 saturated carbocycles. The van der Waals surface area contributed by atoms with Crippen LogP contribution in [0.15, 0.2) is 0 Å². The summed E-state index contributed by atoms with van der Waals surface area (Å²) in [6.07, 6.45) is 0. The van der Waals surface area contributed by atoms with Gasteiger partial charge in [-0.1, -0.05) is 6.92 Å². The minimum atomic E-state index is 0.579. The molecular formula is C10H22N2O. The lowest BCUT2D eigenvalue weighted by molar-refractivity contribution is 0.0857. The molecule has 0 radical (unpaired) electrons. The number of hydrogen-bond acceptors (Lipinski definition) is 3. The lowest BCUT2D eigenvalue weighted by Gasteiger charge is -2.29. The molecule has 0 bridgehead atoms. The van der Waals surface area contributed by atoms with Gasteiger partial charge in [0.1, 0.15) is 0 Å². The van der Waals surface area contributed by atoms with Crippen molar-refractivity contribution in [3.8, 4) is 0 Å². The summed E-state index contributed by atoms with van der Waals surface area (Å²) in [4.78, 5) is 4.81. The van der Waals surface area contributed by atoms with Gasteiger partial charge in [0.05, 0.1) is 6.61 Å². The molecular weight excluding hydrogens is 164 g/mol. The fourth-order valence-electron chi connectivity index (χ4n) is 2.10. The fraction of sp³-hybridized carbons (Fsp3) is 1.00. The second-order valence-electron chi connectivity index (χ2n) is 4.24. The number of rotatable bonds is 2. The summed E-state index contributed by atoms with van der Waals surface area (Å²) >= 11 is 0. The van der Waals surface area contributed by atoms with Crippen LogP contribution in [0.4, 0.5) is 0 Å². The van der Waals surface area contributed by atoms with Gasteiger partial charge in [-0.25, -0.2) is 0 Å². The first-order chi connectivity index (χ1) is 6.15. The van der Waals surface area contributed by atoms with Crippen molar-refractivity contribution in [3.63, 3.8) is 0 Å². The van der Waals surface area contributed by atoms with Crippen LogP contribution in [0.2, 0.25) is 0 Å². The molecule has 3 heteroatoms. The molecule has 1 aliphatic heterocycles. The minimum Gasteiger partial charge on any atom is -0.383 e. The van der Waals surface area contributed by atoms with Gasteiger partial charge in [-0.2, -0.15) is 0 Å². The van der Waals surface area contributed by atoms with Gasteiger partial charge >= 0.3 is 0 Å². The van der Waals surface area contributed by atoms with E-state index in [1.807, 2.05) is 0 Å². The van der Waals surface area contributed by atoms with E-state index in [1.54, 1.807) is 7.11 Å². The summed E-state index contributed by atoms with van der Waals surface area (Å²) in [6, 6.07) is 0.579. The van der Waals surface area contributed by atoms with Crippen molar-refractivity contribution in [2.45, 2.75) is 13.0 Å². The predicted molar refractivity (Wildman–Crippen MR) is 55.0 cm³/mol. The van der Waals surface area contributed by atoms with Gasteiger partial charge in [0.2, 0.25) is 0 Å². The largest absolute Gasteiger partial charge is 0.383 e. The average molecular weight is 186 g/mol. The van der Waals surface area contributed by atoms with Crippen molar-refractivity contribution in [3.05, 3.63) is 0 Å². The van der Waals surface area contributed by atoms with Crippen molar-refractivity contribution in [2.24, 2.45) is 5.92 Å². The zero-order chi connectivity index (χ0) is 9.84. The fourth-order valence-corrected chi connectivity index (χ4v) is 2.10. The van der Waals surface area contributed by atoms with Gasteiger partial charge < -0.3 is 9.64 Å². The highest BCUT2D eigenvalue weighted by Gasteiger charge is 2.25. The molecule has 1 saturated heterocycles. The van der Waals surface area contributed by atoms with Crippen LogP contribution in [-0.4, -0.2) is 63.3 Å². The van der Waals surface area contributed by atoms with E-state index in [0.29, 0.717) is 12.0 Å². The summed E-state index contributed by atoms with van der Waals surface area (Å²) in [7, 11) is 6.17. The molecule has 1 rings (SSSR count). The summed E-state index contributed by atoms with van der Waals surface area (Å²) < 4.78 is 5.25. The van der Waals surface area contributed by atoms with E-state index in [-0.39, 0.29) is 0 Å². The van der Waals surface area contributed by atoms with Crippen LogP contribution in [0.3, 0.4) is 0 Å². The number of methoxy groups -OCH3 is 1. The summed E-state index contributed by atoms with van der Waals surface area (Å²) in [5.41, 5.74) is 0. The number of nitrogens with zero attached hydrogens (tertiary/aromatic N) is 2. The maximum atomic E-state index is 5.25. The van der Waals surface area contributed by atoms with Gasteiger partial charge in [-0.05, 0) is 20.0 Å². The third kappa shape index (κ3) is 2.93. The molecule has 13 heavy (non-hydrogen) atoms. The van der Waals surface area contributed by atoms with Crippen LogP contribution in [0.25, 0.3) is 0 Å². The van der Waals surface area contributed by atoms with Crippen molar-refractivity contribution < 1.29 is 4.74 Å². The molecule has 2 unspecified atom stereocenters. The van der Waals surface area contributed by atoms with Crippen molar-refractivity contribution in [1.82, 2.24) is 9.80 Å². The zero-order valence-corrected chi connectivity index (χ0v) is 9.29. The van der Waals surface area contributed by atoms with Crippen LogP contribution >= 0.6 is 0 Å². The highest BCUT2D eigenvalue weighted by Crippen LogP contribution is 2.14. The Morgan fingerprint density at radius 3 is 2.62 bits per heavy atom. The maximum Gasteiger partial charge on any atom is 0.0621 e. The number of ether oxygens (including phenoxy) is 1. The molecule has 0 aromatic heterocycles. The topological polar surface area (TPSA) is 15.7 Å². The molecule has 1 fully saturated rings. The van der Waals surface area contributed by atoms with E-state index < -0.39 is 0 Å². The normalized spacial score (nSPS) is 33.2. The van der Waals surface area contributed by atoms with Crippen LogP contribution < -0.4 is 0 Å². The number of likely N-dealkylation sites (N-methyl/N-ethyl adjacent to an activating group) is 2. The molecule has 1 heterocycles. The molecule has 0 spiro atoms. The average Bonchev–Trinajstić information content (AvgIpc) is 2.19. The molecule has 3 nitrogen and oxygen atoms in total. The third-order valence-corrected chi connectivity index (χ3v) is 2.99. The van der Waals surface area contributed by atoms with Crippen molar-refractivity contribution in [1.29, 1.82) is 0 Å². The van der Waals surface area contributed by atoms with Gasteiger partial charge in [0.15, 0.2) is 0 Å². The van der Waals surface area contributed by atoms with Crippen LogP contribution in [0.1, 0.15) is 6.92 Å². The zero-order valence-electron chi connectivity index (χ0n) is 9.29. The first-order valence-electron chi connectivity index (χ1n) is 5.03. The summed E-state index contributed by atoms with van der Waals surface area (Å²) in [5.74, 6) is 0.692. The Hall–Kier alpha value is -0.120. The van der Waals surface area contributed by atoms with E-state index in [1.165, 1.54) is 13.1 Å². The molecule has 78 valence electrons. The minimum absolute atomic E-state index is 0.579. The van der Waals surface area contributed by atoms with E-state index in [2.05, 4.69) is 30.8 Å². The molecule has 0 amide bonds. The Kier molecular flexibility index (Phi) is 4.16. The Bertz CT molecular complexity index is 152. The second kappa shape index (κ2) is 4.94. The Labute approximate surface area is 81.7 Å². The number of hydrogen-bond donors (Lipinski definition) is 0. The Morgan fingerprint density at radius 2 is 2.00 bits per heavy atom. The van der Waals surface area contributed by atoms with Crippen molar-refractivity contribution in [2.75, 3.05) is 47.4 Å². The van der Waals surface area contributed by atoms with Gasteiger partial charge in [-0.3, -0.25) is 4.90 Å². The molecule has 0 aliphatic carbocycles.